The molecule has 0 unspecified atom stereocenters. The van der Waals surface area contributed by atoms with Gasteiger partial charge in [-0.25, -0.2) is 0 Å². The van der Waals surface area contributed by atoms with Crippen LogP contribution in [-0.2, 0) is 0 Å². The number of rotatable bonds is 2. The van der Waals surface area contributed by atoms with Crippen molar-refractivity contribution >= 4 is 17.7 Å². The summed E-state index contributed by atoms with van der Waals surface area (Å²) in [4.78, 5) is 9.25. The maximum Gasteiger partial charge on any atom is 0.238 e. The predicted octanol–water partition coefficient (Wildman–Crippen LogP) is 2.18. The second-order valence-corrected chi connectivity index (χ2v) is 2.12. The molecule has 0 saturated carbocycles. The van der Waals surface area contributed by atoms with E-state index in [9.17, 15) is 10.1 Å². The minimum atomic E-state index is -0.573. The van der Waals surface area contributed by atoms with Gasteiger partial charge in [0.2, 0.25) is 6.20 Å². The van der Waals surface area contributed by atoms with Gasteiger partial charge < -0.3 is 4.42 Å². The zero-order chi connectivity index (χ0) is 8.27. The normalized spacial score (nSPS) is 10.6. The minimum absolute atomic E-state index is 0.216. The average Bonchev–Trinajstić information content (AvgIpc) is 2.31. The molecule has 0 atom stereocenters. The summed E-state index contributed by atoms with van der Waals surface area (Å²) in [7, 11) is 0. The van der Waals surface area contributed by atoms with Gasteiger partial charge in [0.05, 0.1) is 11.0 Å². The Morgan fingerprint density at radius 2 is 2.36 bits per heavy atom. The first-order valence-electron chi connectivity index (χ1n) is 2.75. The molecule has 1 aromatic rings. The lowest BCUT2D eigenvalue weighted by Crippen LogP contribution is -1.80. The minimum Gasteiger partial charge on any atom is -0.445 e. The van der Waals surface area contributed by atoms with Crippen LogP contribution in [0.5, 0.6) is 0 Å². The SMILES string of the molecule is O=[N+]([O-])/C=C/c1ccc(Cl)o1. The lowest BCUT2D eigenvalue weighted by molar-refractivity contribution is -0.401. The van der Waals surface area contributed by atoms with Crippen molar-refractivity contribution in [3.63, 3.8) is 0 Å². The van der Waals surface area contributed by atoms with Gasteiger partial charge in [0.1, 0.15) is 5.76 Å². The molecule has 0 aliphatic rings. The Morgan fingerprint density at radius 1 is 1.64 bits per heavy atom. The van der Waals surface area contributed by atoms with Crippen LogP contribution >= 0.6 is 11.6 Å². The molecule has 0 N–H and O–H groups in total. The molecule has 0 aliphatic carbocycles. The third-order valence-corrected chi connectivity index (χ3v) is 1.16. The van der Waals surface area contributed by atoms with Crippen LogP contribution in [0.2, 0.25) is 5.22 Å². The fraction of sp³-hybridized carbons (Fsp3) is 0. The molecule has 1 heterocycles. The maximum atomic E-state index is 9.82. The molecule has 1 rings (SSSR count). The van der Waals surface area contributed by atoms with Gasteiger partial charge in [0.15, 0.2) is 5.22 Å². The molecule has 0 fully saturated rings. The van der Waals surface area contributed by atoms with E-state index < -0.39 is 4.92 Å². The fourth-order valence-electron chi connectivity index (χ4n) is 0.552. The van der Waals surface area contributed by atoms with E-state index in [0.29, 0.717) is 5.76 Å². The second-order valence-electron chi connectivity index (χ2n) is 1.74. The molecular formula is C6H4ClNO3. The van der Waals surface area contributed by atoms with Crippen LogP contribution < -0.4 is 0 Å². The number of nitrogens with zero attached hydrogens (tertiary/aromatic N) is 1. The lowest BCUT2D eigenvalue weighted by atomic mass is 10.4. The largest absolute Gasteiger partial charge is 0.445 e. The Bertz CT molecular complexity index is 292. The molecule has 0 aliphatic heterocycles. The number of hydrogen-bond acceptors (Lipinski definition) is 3. The Hall–Kier alpha value is -1.29. The Kier molecular flexibility index (Phi) is 2.28. The van der Waals surface area contributed by atoms with Gasteiger partial charge >= 0.3 is 0 Å². The van der Waals surface area contributed by atoms with Gasteiger partial charge in [-0.1, -0.05) is 0 Å². The van der Waals surface area contributed by atoms with E-state index in [1.54, 1.807) is 6.07 Å². The first-order valence-corrected chi connectivity index (χ1v) is 3.13. The van der Waals surface area contributed by atoms with Crippen molar-refractivity contribution in [2.75, 3.05) is 0 Å². The van der Waals surface area contributed by atoms with Gasteiger partial charge in [-0.2, -0.15) is 0 Å². The second kappa shape index (κ2) is 3.21. The van der Waals surface area contributed by atoms with Gasteiger partial charge in [-0.15, -0.1) is 0 Å². The molecular weight excluding hydrogens is 170 g/mol. The molecule has 5 heteroatoms. The van der Waals surface area contributed by atoms with Gasteiger partial charge in [0, 0.05) is 0 Å². The highest BCUT2D eigenvalue weighted by molar-refractivity contribution is 6.28. The summed E-state index contributed by atoms with van der Waals surface area (Å²) >= 11 is 5.41. The third kappa shape index (κ3) is 2.43. The average molecular weight is 174 g/mol. The zero-order valence-corrected chi connectivity index (χ0v) is 6.12. The summed E-state index contributed by atoms with van der Waals surface area (Å²) in [6.45, 7) is 0. The number of halogens is 1. The Balaban J connectivity index is 2.71. The molecule has 58 valence electrons. The lowest BCUT2D eigenvalue weighted by Gasteiger charge is -1.79. The van der Waals surface area contributed by atoms with Gasteiger partial charge in [-0.3, -0.25) is 10.1 Å². The van der Waals surface area contributed by atoms with Crippen molar-refractivity contribution < 1.29 is 9.34 Å². The molecule has 11 heavy (non-hydrogen) atoms. The molecule has 0 aromatic carbocycles. The van der Waals surface area contributed by atoms with E-state index in [0.717, 1.165) is 6.20 Å². The summed E-state index contributed by atoms with van der Waals surface area (Å²) in [6, 6.07) is 3.06. The van der Waals surface area contributed by atoms with Gasteiger partial charge in [0.25, 0.3) is 0 Å². The first-order chi connectivity index (χ1) is 5.18. The van der Waals surface area contributed by atoms with Crippen LogP contribution in [0.1, 0.15) is 5.76 Å². The molecule has 0 bridgehead atoms. The van der Waals surface area contributed by atoms with Crippen molar-refractivity contribution in [3.05, 3.63) is 39.4 Å². The van der Waals surface area contributed by atoms with E-state index in [-0.39, 0.29) is 5.22 Å². The van der Waals surface area contributed by atoms with Crippen molar-refractivity contribution in [1.82, 2.24) is 0 Å². The van der Waals surface area contributed by atoms with Crippen LogP contribution in [-0.4, -0.2) is 4.92 Å². The topological polar surface area (TPSA) is 56.3 Å². The van der Waals surface area contributed by atoms with E-state index in [1.807, 2.05) is 0 Å². The molecule has 0 spiro atoms. The summed E-state index contributed by atoms with van der Waals surface area (Å²) < 4.78 is 4.81. The fourth-order valence-corrected chi connectivity index (χ4v) is 0.704. The number of nitro groups is 1. The highest BCUT2D eigenvalue weighted by atomic mass is 35.5. The van der Waals surface area contributed by atoms with Crippen molar-refractivity contribution in [2.24, 2.45) is 0 Å². The van der Waals surface area contributed by atoms with Crippen LogP contribution in [0.25, 0.3) is 6.08 Å². The first kappa shape index (κ1) is 7.81. The quantitative estimate of drug-likeness (QED) is 0.509. The van der Waals surface area contributed by atoms with Crippen molar-refractivity contribution in [2.45, 2.75) is 0 Å². The van der Waals surface area contributed by atoms with Crippen LogP contribution in [0.4, 0.5) is 0 Å². The van der Waals surface area contributed by atoms with Crippen LogP contribution in [0.15, 0.2) is 22.7 Å². The number of furan rings is 1. The zero-order valence-electron chi connectivity index (χ0n) is 5.36. The van der Waals surface area contributed by atoms with E-state index in [4.69, 9.17) is 16.0 Å². The molecule has 0 radical (unpaired) electrons. The maximum absolute atomic E-state index is 9.82. The monoisotopic (exact) mass is 173 g/mol. The Labute approximate surface area is 67.2 Å². The van der Waals surface area contributed by atoms with E-state index >= 15 is 0 Å². The van der Waals surface area contributed by atoms with E-state index in [2.05, 4.69) is 0 Å². The summed E-state index contributed by atoms with van der Waals surface area (Å²) in [6.07, 6.45) is 2.01. The van der Waals surface area contributed by atoms with Crippen molar-refractivity contribution in [3.8, 4) is 0 Å². The standard InChI is InChI=1S/C6H4ClNO3/c7-6-2-1-5(11-6)3-4-8(9)10/h1-4H/b4-3+. The highest BCUT2D eigenvalue weighted by Gasteiger charge is 1.95. The highest BCUT2D eigenvalue weighted by Crippen LogP contribution is 2.13. The van der Waals surface area contributed by atoms with E-state index in [1.165, 1.54) is 12.1 Å². The third-order valence-electron chi connectivity index (χ3n) is 0.955. The van der Waals surface area contributed by atoms with Crippen molar-refractivity contribution in [1.29, 1.82) is 0 Å². The molecule has 1 aromatic heterocycles. The van der Waals surface area contributed by atoms with Gasteiger partial charge in [-0.05, 0) is 23.7 Å². The molecule has 0 saturated heterocycles. The summed E-state index contributed by atoms with van der Waals surface area (Å²) in [5, 5.41) is 10.0. The number of hydrogen-bond donors (Lipinski definition) is 0. The van der Waals surface area contributed by atoms with Crippen LogP contribution in [0.3, 0.4) is 0 Å². The molecule has 0 amide bonds. The summed E-state index contributed by atoms with van der Waals surface area (Å²) in [5.74, 6) is 0.367. The Morgan fingerprint density at radius 3 is 2.82 bits per heavy atom. The predicted molar refractivity (Wildman–Crippen MR) is 39.7 cm³/mol. The summed E-state index contributed by atoms with van der Waals surface area (Å²) in [5.41, 5.74) is 0. The van der Waals surface area contributed by atoms with Crippen LogP contribution in [0, 0.1) is 10.1 Å². The molecule has 4 nitrogen and oxygen atoms in total. The smallest absolute Gasteiger partial charge is 0.238 e.